The monoisotopic (exact) mass is 587 g/mol. The van der Waals surface area contributed by atoms with E-state index in [1.54, 1.807) is 13.2 Å². The number of likely N-dealkylation sites (tertiary alicyclic amines) is 1. The van der Waals surface area contributed by atoms with Crippen LogP contribution in [-0.2, 0) is 40.5 Å². The molecule has 0 saturated carbocycles. The van der Waals surface area contributed by atoms with Gasteiger partial charge in [0.05, 0.1) is 30.6 Å². The fourth-order valence-electron chi connectivity index (χ4n) is 6.92. The largest absolute Gasteiger partial charge is 0.493 e. The molecule has 2 heterocycles. The number of carbonyl (C=O) groups is 4. The molecule has 0 radical (unpaired) electrons. The predicted molar refractivity (Wildman–Crippen MR) is 146 cm³/mol. The number of aliphatic hydroxyl groups is 1. The quantitative estimate of drug-likeness (QED) is 0.257. The van der Waals surface area contributed by atoms with Gasteiger partial charge in [-0.1, -0.05) is 6.07 Å². The van der Waals surface area contributed by atoms with Crippen molar-refractivity contribution in [3.05, 3.63) is 35.1 Å². The Morgan fingerprint density at radius 2 is 2.02 bits per heavy atom. The lowest BCUT2D eigenvalue weighted by Crippen LogP contribution is -2.74. The molecule has 13 heteroatoms. The van der Waals surface area contributed by atoms with E-state index < -0.39 is 53.1 Å². The number of carboxylic acids is 1. The number of ether oxygens (including phenoxy) is 4. The number of hydrogen-bond acceptors (Lipinski definition) is 11. The van der Waals surface area contributed by atoms with E-state index in [1.807, 2.05) is 19.2 Å². The number of nitrogens with zero attached hydrogens (tertiary/aromatic N) is 1. The molecule has 2 aliphatic heterocycles. The topological polar surface area (TPSA) is 187 Å². The second-order valence-corrected chi connectivity index (χ2v) is 11.4. The third-order valence-electron chi connectivity index (χ3n) is 9.05. The predicted octanol–water partition coefficient (Wildman–Crippen LogP) is 0.146. The molecular weight excluding hydrogens is 550 g/mol. The van der Waals surface area contributed by atoms with Gasteiger partial charge in [-0.25, -0.2) is 4.79 Å². The summed E-state index contributed by atoms with van der Waals surface area (Å²) in [5.41, 5.74) is 5.63. The van der Waals surface area contributed by atoms with Crippen LogP contribution in [0.5, 0.6) is 11.5 Å². The van der Waals surface area contributed by atoms with E-state index in [1.165, 1.54) is 6.92 Å². The van der Waals surface area contributed by atoms with Crippen LogP contribution in [0.4, 0.5) is 0 Å². The Labute approximate surface area is 242 Å². The van der Waals surface area contributed by atoms with Gasteiger partial charge in [0.15, 0.2) is 23.7 Å². The molecule has 13 nitrogen and oxygen atoms in total. The average Bonchev–Trinajstić information content (AvgIpc) is 3.30. The molecule has 1 fully saturated rings. The van der Waals surface area contributed by atoms with E-state index in [4.69, 9.17) is 29.8 Å². The third-order valence-corrected chi connectivity index (χ3v) is 9.05. The van der Waals surface area contributed by atoms with Gasteiger partial charge < -0.3 is 45.1 Å². The smallest absolute Gasteiger partial charge is 0.352 e. The number of carbonyl (C=O) groups excluding carboxylic acids is 3. The molecule has 0 unspecified atom stereocenters. The lowest BCUT2D eigenvalue weighted by molar-refractivity contribution is -0.175. The van der Waals surface area contributed by atoms with E-state index in [0.29, 0.717) is 24.3 Å². The number of likely N-dealkylation sites (N-methyl/N-ethyl adjacent to an activating group) is 1. The summed E-state index contributed by atoms with van der Waals surface area (Å²) < 4.78 is 23.1. The molecule has 1 spiro atoms. The fourth-order valence-corrected chi connectivity index (χ4v) is 6.92. The first kappa shape index (κ1) is 29.8. The highest BCUT2D eigenvalue weighted by Crippen LogP contribution is 2.65. The van der Waals surface area contributed by atoms with Crippen molar-refractivity contribution in [3.8, 4) is 11.5 Å². The highest BCUT2D eigenvalue weighted by atomic mass is 16.6. The molecule has 42 heavy (non-hydrogen) atoms. The van der Waals surface area contributed by atoms with Gasteiger partial charge in [0, 0.05) is 31.0 Å². The standard InChI is InChI=1S/C29H37N3O10/c1-15(40-22(35)9-12-31-26(36)17(30)5-7-21(33)34)27(37)41-19-8-10-29(38)20-14-16-4-6-18(39-3)24-23(16)28(29,25(19)42-24)11-13-32(20)2/h4,6,8,15,17,20,25,38H,5,7,9-14,30H2,1-3H3,(H,31,36)(H,33,34)/t15-,17-,20-,25-,28-,29+/m0/s1. The maximum absolute atomic E-state index is 13.1. The maximum atomic E-state index is 13.1. The van der Waals surface area contributed by atoms with Gasteiger partial charge in [0.1, 0.15) is 5.76 Å². The summed E-state index contributed by atoms with van der Waals surface area (Å²) in [5.74, 6) is -1.85. The zero-order valence-corrected chi connectivity index (χ0v) is 23.9. The molecule has 0 aromatic heterocycles. The minimum absolute atomic E-state index is 0.0374. The molecule has 6 atom stereocenters. The van der Waals surface area contributed by atoms with E-state index >= 15 is 0 Å². The van der Waals surface area contributed by atoms with Crippen molar-refractivity contribution in [1.29, 1.82) is 0 Å². The molecule has 1 aromatic carbocycles. The van der Waals surface area contributed by atoms with Crippen molar-refractivity contribution in [1.82, 2.24) is 10.2 Å². The van der Waals surface area contributed by atoms with Gasteiger partial charge in [-0.3, -0.25) is 14.4 Å². The molecule has 5 N–H and O–H groups in total. The number of benzene rings is 1. The van der Waals surface area contributed by atoms with Gasteiger partial charge in [0.25, 0.3) is 0 Å². The Morgan fingerprint density at radius 3 is 2.74 bits per heavy atom. The minimum Gasteiger partial charge on any atom is -0.493 e. The van der Waals surface area contributed by atoms with Crippen molar-refractivity contribution >= 4 is 23.8 Å². The third kappa shape index (κ3) is 4.78. The van der Waals surface area contributed by atoms with Crippen molar-refractivity contribution in [2.75, 3.05) is 27.2 Å². The van der Waals surface area contributed by atoms with E-state index in [-0.39, 0.29) is 44.0 Å². The number of amides is 1. The second kappa shape index (κ2) is 11.2. The molecule has 1 saturated heterocycles. The average molecular weight is 588 g/mol. The molecular formula is C29H37N3O10. The van der Waals surface area contributed by atoms with Gasteiger partial charge in [-0.2, -0.15) is 0 Å². The van der Waals surface area contributed by atoms with Gasteiger partial charge in [-0.05, 0) is 57.5 Å². The fraction of sp³-hybridized carbons (Fsp3) is 0.586. The Bertz CT molecular complexity index is 1330. The number of rotatable bonds is 11. The molecule has 1 amide bonds. The van der Waals surface area contributed by atoms with Crippen LogP contribution in [0.1, 0.15) is 50.2 Å². The van der Waals surface area contributed by atoms with Crippen LogP contribution >= 0.6 is 0 Å². The summed E-state index contributed by atoms with van der Waals surface area (Å²) in [6.07, 6.45) is 0.632. The molecule has 2 bridgehead atoms. The summed E-state index contributed by atoms with van der Waals surface area (Å²) in [6.45, 7) is 2.01. The Balaban J connectivity index is 1.24. The number of nitrogens with one attached hydrogen (secondary N) is 1. The van der Waals surface area contributed by atoms with Gasteiger partial charge >= 0.3 is 17.9 Å². The van der Waals surface area contributed by atoms with Crippen LogP contribution in [0.15, 0.2) is 24.0 Å². The first-order valence-corrected chi connectivity index (χ1v) is 14.1. The summed E-state index contributed by atoms with van der Waals surface area (Å²) >= 11 is 0. The summed E-state index contributed by atoms with van der Waals surface area (Å²) in [4.78, 5) is 50.2. The number of esters is 2. The minimum atomic E-state index is -1.25. The van der Waals surface area contributed by atoms with E-state index in [9.17, 15) is 24.3 Å². The van der Waals surface area contributed by atoms with E-state index in [0.717, 1.165) is 17.7 Å². The second-order valence-electron chi connectivity index (χ2n) is 11.4. The van der Waals surface area contributed by atoms with E-state index in [2.05, 4.69) is 10.2 Å². The number of piperidine rings is 1. The molecule has 4 aliphatic rings. The SMILES string of the molecule is COc1ccc2c3c1O[C@H]1C(OC(=O)[C@H](C)OC(=O)CCNC(=O)[C@@H](N)CCC(=O)O)=CC[C@@]4(O)[C@H](C2)N(C)CC[C@]314. The number of aliphatic carboxylic acids is 1. The van der Waals surface area contributed by atoms with Crippen LogP contribution < -0.4 is 20.5 Å². The zero-order chi connectivity index (χ0) is 30.4. The summed E-state index contributed by atoms with van der Waals surface area (Å²) in [6, 6.07) is 2.70. The van der Waals surface area contributed by atoms with Crippen LogP contribution in [0, 0.1) is 0 Å². The first-order chi connectivity index (χ1) is 19.9. The van der Waals surface area contributed by atoms with Crippen LogP contribution in [0.3, 0.4) is 0 Å². The summed E-state index contributed by atoms with van der Waals surface area (Å²) in [7, 11) is 3.56. The lowest BCUT2D eigenvalue weighted by atomic mass is 9.50. The van der Waals surface area contributed by atoms with Crippen LogP contribution in [-0.4, -0.2) is 96.1 Å². The maximum Gasteiger partial charge on any atom is 0.352 e. The number of nitrogens with two attached hydrogens (primary N) is 1. The van der Waals surface area contributed by atoms with Gasteiger partial charge in [-0.15, -0.1) is 0 Å². The highest BCUT2D eigenvalue weighted by Gasteiger charge is 2.72. The normalized spacial score (nSPS) is 28.4. The zero-order valence-electron chi connectivity index (χ0n) is 23.9. The molecule has 1 aromatic rings. The lowest BCUT2D eigenvalue weighted by Gasteiger charge is -2.61. The number of methoxy groups -OCH3 is 1. The van der Waals surface area contributed by atoms with Crippen molar-refractivity contribution in [2.24, 2.45) is 5.73 Å². The highest BCUT2D eigenvalue weighted by molar-refractivity contribution is 5.83. The Morgan fingerprint density at radius 1 is 1.26 bits per heavy atom. The van der Waals surface area contributed by atoms with Crippen LogP contribution in [0.2, 0.25) is 0 Å². The Kier molecular flexibility index (Phi) is 7.94. The van der Waals surface area contributed by atoms with Gasteiger partial charge in [0.2, 0.25) is 5.91 Å². The number of hydrogen-bond donors (Lipinski definition) is 4. The van der Waals surface area contributed by atoms with Crippen molar-refractivity contribution in [2.45, 2.75) is 80.8 Å². The van der Waals surface area contributed by atoms with Crippen LogP contribution in [0.25, 0.3) is 0 Å². The molecule has 5 rings (SSSR count). The number of carboxylic acid groups (broad SMARTS) is 1. The van der Waals surface area contributed by atoms with Crippen molar-refractivity contribution in [3.63, 3.8) is 0 Å². The molecule has 228 valence electrons. The van der Waals surface area contributed by atoms with Crippen molar-refractivity contribution < 1.29 is 48.3 Å². The Hall–Kier alpha value is -3.68. The molecule has 2 aliphatic carbocycles. The first-order valence-electron chi connectivity index (χ1n) is 14.1. The summed E-state index contributed by atoms with van der Waals surface area (Å²) in [5, 5.41) is 23.4.